The van der Waals surface area contributed by atoms with Crippen LogP contribution in [0.3, 0.4) is 0 Å². The molecule has 2 aromatic rings. The van der Waals surface area contributed by atoms with Crippen molar-refractivity contribution in [3.05, 3.63) is 59.7 Å². The highest BCUT2D eigenvalue weighted by atomic mass is 32.2. The SMILES string of the molecule is Cc1ccc(C(N)=O)cc1N(C)S(=O)(=O)c1ccccc1. The van der Waals surface area contributed by atoms with E-state index in [1.54, 1.807) is 37.3 Å². The fourth-order valence-electron chi connectivity index (χ4n) is 1.98. The molecule has 0 atom stereocenters. The van der Waals surface area contributed by atoms with Crippen LogP contribution in [0, 0.1) is 6.92 Å². The van der Waals surface area contributed by atoms with E-state index in [4.69, 9.17) is 5.73 Å². The normalized spacial score (nSPS) is 11.1. The fraction of sp³-hybridized carbons (Fsp3) is 0.133. The van der Waals surface area contributed by atoms with Crippen LogP contribution in [0.4, 0.5) is 5.69 Å². The molecule has 110 valence electrons. The number of carbonyl (C=O) groups excluding carboxylic acids is 1. The van der Waals surface area contributed by atoms with Crippen LogP contribution in [0.15, 0.2) is 53.4 Å². The number of anilines is 1. The molecule has 0 aliphatic rings. The van der Waals surface area contributed by atoms with Crippen LogP contribution >= 0.6 is 0 Å². The summed E-state index contributed by atoms with van der Waals surface area (Å²) >= 11 is 0. The quantitative estimate of drug-likeness (QED) is 0.937. The van der Waals surface area contributed by atoms with E-state index in [2.05, 4.69) is 0 Å². The number of nitrogens with zero attached hydrogens (tertiary/aromatic N) is 1. The summed E-state index contributed by atoms with van der Waals surface area (Å²) in [5.74, 6) is -0.596. The third-order valence-electron chi connectivity index (χ3n) is 3.23. The smallest absolute Gasteiger partial charge is 0.264 e. The van der Waals surface area contributed by atoms with Gasteiger partial charge in [0.25, 0.3) is 10.0 Å². The van der Waals surface area contributed by atoms with Gasteiger partial charge in [-0.15, -0.1) is 0 Å². The molecule has 0 saturated carbocycles. The first kappa shape index (κ1) is 15.1. The van der Waals surface area contributed by atoms with Gasteiger partial charge in [0.2, 0.25) is 5.91 Å². The lowest BCUT2D eigenvalue weighted by atomic mass is 10.1. The number of rotatable bonds is 4. The second-order valence-corrected chi connectivity index (χ2v) is 6.62. The maximum Gasteiger partial charge on any atom is 0.264 e. The lowest BCUT2D eigenvalue weighted by molar-refractivity contribution is 0.100. The molecule has 6 heteroatoms. The summed E-state index contributed by atoms with van der Waals surface area (Å²) in [5, 5.41) is 0. The molecular weight excluding hydrogens is 288 g/mol. The number of amides is 1. The third kappa shape index (κ3) is 2.90. The zero-order chi connectivity index (χ0) is 15.6. The Labute approximate surface area is 124 Å². The van der Waals surface area contributed by atoms with E-state index in [1.165, 1.54) is 25.2 Å². The topological polar surface area (TPSA) is 80.5 Å². The van der Waals surface area contributed by atoms with Gasteiger partial charge in [-0.2, -0.15) is 0 Å². The summed E-state index contributed by atoms with van der Waals surface area (Å²) < 4.78 is 26.3. The van der Waals surface area contributed by atoms with Crippen LogP contribution in [0.25, 0.3) is 0 Å². The number of aryl methyl sites for hydroxylation is 1. The lowest BCUT2D eigenvalue weighted by Crippen LogP contribution is -2.27. The molecule has 0 spiro atoms. The number of carbonyl (C=O) groups is 1. The summed E-state index contributed by atoms with van der Waals surface area (Å²) in [4.78, 5) is 11.5. The minimum Gasteiger partial charge on any atom is -0.366 e. The van der Waals surface area contributed by atoms with Crippen molar-refractivity contribution >= 4 is 21.6 Å². The molecule has 2 rings (SSSR count). The second kappa shape index (κ2) is 5.57. The largest absolute Gasteiger partial charge is 0.366 e. The monoisotopic (exact) mass is 304 g/mol. The van der Waals surface area contributed by atoms with Crippen molar-refractivity contribution in [2.24, 2.45) is 5.73 Å². The summed E-state index contributed by atoms with van der Waals surface area (Å²) in [5.41, 5.74) is 6.68. The van der Waals surface area contributed by atoms with Crippen molar-refractivity contribution < 1.29 is 13.2 Å². The van der Waals surface area contributed by atoms with E-state index in [-0.39, 0.29) is 10.5 Å². The molecule has 5 nitrogen and oxygen atoms in total. The van der Waals surface area contributed by atoms with Gasteiger partial charge in [0, 0.05) is 12.6 Å². The third-order valence-corrected chi connectivity index (χ3v) is 5.02. The van der Waals surface area contributed by atoms with Gasteiger partial charge in [-0.25, -0.2) is 8.42 Å². The van der Waals surface area contributed by atoms with Gasteiger partial charge in [0.05, 0.1) is 10.6 Å². The molecular formula is C15H16N2O3S. The highest BCUT2D eigenvalue weighted by Gasteiger charge is 2.22. The molecule has 0 aliphatic carbocycles. The fourth-order valence-corrected chi connectivity index (χ4v) is 3.25. The zero-order valence-corrected chi connectivity index (χ0v) is 12.6. The van der Waals surface area contributed by atoms with Gasteiger partial charge in [-0.1, -0.05) is 24.3 Å². The summed E-state index contributed by atoms with van der Waals surface area (Å²) in [6, 6.07) is 12.9. The first-order valence-electron chi connectivity index (χ1n) is 6.28. The summed E-state index contributed by atoms with van der Waals surface area (Å²) in [6.07, 6.45) is 0. The predicted molar refractivity (Wildman–Crippen MR) is 81.7 cm³/mol. The summed E-state index contributed by atoms with van der Waals surface area (Å²) in [6.45, 7) is 1.77. The molecule has 0 saturated heterocycles. The van der Waals surface area contributed by atoms with Crippen LogP contribution in [0.2, 0.25) is 0 Å². The maximum atomic E-state index is 12.6. The van der Waals surface area contributed by atoms with Crippen LogP contribution in [-0.4, -0.2) is 21.4 Å². The Morgan fingerprint density at radius 2 is 1.71 bits per heavy atom. The first-order chi connectivity index (χ1) is 9.84. The Morgan fingerprint density at radius 3 is 2.29 bits per heavy atom. The van der Waals surface area contributed by atoms with Gasteiger partial charge in [-0.05, 0) is 36.8 Å². The minimum atomic E-state index is -3.68. The Kier molecular flexibility index (Phi) is 3.99. The van der Waals surface area contributed by atoms with E-state index < -0.39 is 15.9 Å². The molecule has 2 aromatic carbocycles. The van der Waals surface area contributed by atoms with Crippen LogP contribution < -0.4 is 10.0 Å². The number of hydrogen-bond donors (Lipinski definition) is 1. The first-order valence-corrected chi connectivity index (χ1v) is 7.72. The van der Waals surface area contributed by atoms with E-state index in [1.807, 2.05) is 0 Å². The van der Waals surface area contributed by atoms with E-state index in [0.29, 0.717) is 5.69 Å². The van der Waals surface area contributed by atoms with Gasteiger partial charge in [0.1, 0.15) is 0 Å². The van der Waals surface area contributed by atoms with Crippen molar-refractivity contribution in [3.8, 4) is 0 Å². The van der Waals surface area contributed by atoms with Crippen molar-refractivity contribution in [1.29, 1.82) is 0 Å². The molecule has 0 heterocycles. The van der Waals surface area contributed by atoms with E-state index in [9.17, 15) is 13.2 Å². The van der Waals surface area contributed by atoms with E-state index in [0.717, 1.165) is 9.87 Å². The van der Waals surface area contributed by atoms with Crippen molar-refractivity contribution in [3.63, 3.8) is 0 Å². The van der Waals surface area contributed by atoms with Gasteiger partial charge >= 0.3 is 0 Å². The molecule has 0 bridgehead atoms. The lowest BCUT2D eigenvalue weighted by Gasteiger charge is -2.22. The molecule has 0 unspecified atom stereocenters. The van der Waals surface area contributed by atoms with Crippen LogP contribution in [0.1, 0.15) is 15.9 Å². The molecule has 0 aromatic heterocycles. The Bertz CT molecular complexity index is 771. The molecule has 21 heavy (non-hydrogen) atoms. The second-order valence-electron chi connectivity index (χ2n) is 4.65. The molecule has 2 N–H and O–H groups in total. The molecule has 0 radical (unpaired) electrons. The standard InChI is InChI=1S/C15H16N2O3S/c1-11-8-9-12(15(16)18)10-14(11)17(2)21(19,20)13-6-4-3-5-7-13/h3-10H,1-2H3,(H2,16,18). The average molecular weight is 304 g/mol. The van der Waals surface area contributed by atoms with Gasteiger partial charge in [0.15, 0.2) is 0 Å². The van der Waals surface area contributed by atoms with Crippen molar-refractivity contribution in [2.45, 2.75) is 11.8 Å². The molecule has 1 amide bonds. The molecule has 0 fully saturated rings. The van der Waals surface area contributed by atoms with Crippen LogP contribution in [-0.2, 0) is 10.0 Å². The number of primary amides is 1. The Hall–Kier alpha value is -2.34. The van der Waals surface area contributed by atoms with E-state index >= 15 is 0 Å². The van der Waals surface area contributed by atoms with Gasteiger partial charge in [-0.3, -0.25) is 9.10 Å². The number of nitrogens with two attached hydrogens (primary N) is 1. The molecule has 0 aliphatic heterocycles. The zero-order valence-electron chi connectivity index (χ0n) is 11.8. The summed E-state index contributed by atoms with van der Waals surface area (Å²) in [7, 11) is -2.22. The highest BCUT2D eigenvalue weighted by Crippen LogP contribution is 2.26. The van der Waals surface area contributed by atoms with Gasteiger partial charge < -0.3 is 5.73 Å². The number of hydrogen-bond acceptors (Lipinski definition) is 3. The van der Waals surface area contributed by atoms with Crippen LogP contribution in [0.5, 0.6) is 0 Å². The Morgan fingerprint density at radius 1 is 1.10 bits per heavy atom. The highest BCUT2D eigenvalue weighted by molar-refractivity contribution is 7.92. The van der Waals surface area contributed by atoms with Crippen molar-refractivity contribution in [2.75, 3.05) is 11.4 Å². The average Bonchev–Trinajstić information content (AvgIpc) is 2.47. The van der Waals surface area contributed by atoms with Crippen molar-refractivity contribution in [1.82, 2.24) is 0 Å². The minimum absolute atomic E-state index is 0.191. The maximum absolute atomic E-state index is 12.6. The Balaban J connectivity index is 2.52. The predicted octanol–water partition coefficient (Wildman–Crippen LogP) is 1.92. The number of sulfonamides is 1. The number of benzene rings is 2.